The maximum absolute atomic E-state index is 11.8. The molecular weight excluding hydrogens is 263 g/mol. The first-order chi connectivity index (χ1) is 8.87. The van der Waals surface area contributed by atoms with Gasteiger partial charge in [-0.05, 0) is 31.8 Å². The highest BCUT2D eigenvalue weighted by Crippen LogP contribution is 2.14. The molecule has 2 amide bonds. The smallest absolute Gasteiger partial charge is 0.347 e. The van der Waals surface area contributed by atoms with Crippen LogP contribution in [-0.4, -0.2) is 44.2 Å². The lowest BCUT2D eigenvalue weighted by molar-refractivity contribution is -0.138. The highest BCUT2D eigenvalue weighted by molar-refractivity contribution is 5.84. The van der Waals surface area contributed by atoms with E-state index in [-0.39, 0.29) is 5.91 Å². The van der Waals surface area contributed by atoms with Crippen LogP contribution in [0.5, 0.6) is 0 Å². The fourth-order valence-electron chi connectivity index (χ4n) is 1.82. The lowest BCUT2D eigenvalue weighted by Gasteiger charge is -2.10. The Balaban J connectivity index is 2.07. The zero-order chi connectivity index (χ0) is 14.3. The molecule has 0 saturated carbocycles. The average Bonchev–Trinajstić information content (AvgIpc) is 2.83. The summed E-state index contributed by atoms with van der Waals surface area (Å²) in [5, 5.41) is 7.17. The van der Waals surface area contributed by atoms with Crippen LogP contribution in [0.25, 0.3) is 0 Å². The minimum absolute atomic E-state index is 0.291. The summed E-state index contributed by atoms with van der Waals surface area (Å²) in [6, 6.07) is 0. The number of rotatable bonds is 6. The third kappa shape index (κ3) is 7.66. The molecule has 1 aliphatic heterocycles. The van der Waals surface area contributed by atoms with Crippen LogP contribution in [0.3, 0.4) is 0 Å². The molecule has 8 heteroatoms. The Labute approximate surface area is 109 Å². The van der Waals surface area contributed by atoms with Gasteiger partial charge in [0.1, 0.15) is 6.54 Å². The second kappa shape index (κ2) is 7.32. The van der Waals surface area contributed by atoms with E-state index < -0.39 is 25.2 Å². The second-order valence-electron chi connectivity index (χ2n) is 4.57. The largest absolute Gasteiger partial charge is 0.405 e. The Kier molecular flexibility index (Phi) is 6.07. The van der Waals surface area contributed by atoms with Crippen LogP contribution < -0.4 is 16.0 Å². The standard InChI is InChI=1S/C11H18F3N3O2/c12-11(13,14)7-17-10(19)6-16-9(18)2-1-8-3-4-15-5-8/h8,15H,1-7H2,(H,16,18)(H,17,19). The SMILES string of the molecule is O=C(CCC1CCNC1)NCC(=O)NCC(F)(F)F. The molecule has 19 heavy (non-hydrogen) atoms. The molecule has 0 bridgehead atoms. The molecule has 0 aromatic carbocycles. The molecule has 1 rings (SSSR count). The molecule has 0 aromatic rings. The van der Waals surface area contributed by atoms with Crippen LogP contribution in [0.1, 0.15) is 19.3 Å². The Hall–Kier alpha value is -1.31. The Bertz CT molecular complexity index is 315. The minimum Gasteiger partial charge on any atom is -0.347 e. The van der Waals surface area contributed by atoms with Crippen molar-refractivity contribution < 1.29 is 22.8 Å². The summed E-state index contributed by atoms with van der Waals surface area (Å²) in [5.74, 6) is -0.688. The minimum atomic E-state index is -4.44. The van der Waals surface area contributed by atoms with E-state index in [1.165, 1.54) is 0 Å². The molecule has 1 saturated heterocycles. The van der Waals surface area contributed by atoms with Crippen molar-refractivity contribution in [2.45, 2.75) is 25.4 Å². The highest BCUT2D eigenvalue weighted by Gasteiger charge is 2.27. The van der Waals surface area contributed by atoms with E-state index >= 15 is 0 Å². The van der Waals surface area contributed by atoms with Gasteiger partial charge in [-0.3, -0.25) is 9.59 Å². The van der Waals surface area contributed by atoms with E-state index in [0.717, 1.165) is 25.9 Å². The van der Waals surface area contributed by atoms with Crippen molar-refractivity contribution in [2.24, 2.45) is 5.92 Å². The average molecular weight is 281 g/mol. The van der Waals surface area contributed by atoms with Crippen LogP contribution in [0, 0.1) is 5.92 Å². The van der Waals surface area contributed by atoms with Crippen LogP contribution >= 0.6 is 0 Å². The molecule has 110 valence electrons. The predicted octanol–water partition coefficient (Wildman–Crippen LogP) is 0.171. The first-order valence-electron chi connectivity index (χ1n) is 6.17. The number of nitrogens with one attached hydrogen (secondary N) is 3. The van der Waals surface area contributed by atoms with Crippen molar-refractivity contribution >= 4 is 11.8 Å². The number of halogens is 3. The summed E-state index contributed by atoms with van der Waals surface area (Å²) in [5.41, 5.74) is 0. The molecule has 3 N–H and O–H groups in total. The normalized spacial score (nSPS) is 19.2. The van der Waals surface area contributed by atoms with E-state index in [9.17, 15) is 22.8 Å². The van der Waals surface area contributed by atoms with E-state index in [1.807, 2.05) is 0 Å². The fourth-order valence-corrected chi connectivity index (χ4v) is 1.82. The zero-order valence-electron chi connectivity index (χ0n) is 10.5. The van der Waals surface area contributed by atoms with Crippen LogP contribution in [0.15, 0.2) is 0 Å². The number of alkyl halides is 3. The van der Waals surface area contributed by atoms with Gasteiger partial charge in [0.15, 0.2) is 0 Å². The monoisotopic (exact) mass is 281 g/mol. The molecule has 1 atom stereocenters. The topological polar surface area (TPSA) is 70.2 Å². The molecule has 1 unspecified atom stereocenters. The summed E-state index contributed by atoms with van der Waals surface area (Å²) in [4.78, 5) is 22.4. The molecule has 0 radical (unpaired) electrons. The molecule has 0 spiro atoms. The molecular formula is C11H18F3N3O2. The third-order valence-corrected chi connectivity index (χ3v) is 2.87. The predicted molar refractivity (Wildman–Crippen MR) is 62.3 cm³/mol. The van der Waals surface area contributed by atoms with Gasteiger partial charge in [-0.2, -0.15) is 13.2 Å². The van der Waals surface area contributed by atoms with Gasteiger partial charge in [-0.15, -0.1) is 0 Å². The van der Waals surface area contributed by atoms with Crippen LogP contribution in [0.4, 0.5) is 13.2 Å². The summed E-state index contributed by atoms with van der Waals surface area (Å²) in [6.07, 6.45) is -2.39. The van der Waals surface area contributed by atoms with Gasteiger partial charge < -0.3 is 16.0 Å². The maximum Gasteiger partial charge on any atom is 0.405 e. The maximum atomic E-state index is 11.8. The van der Waals surface area contributed by atoms with Gasteiger partial charge in [-0.25, -0.2) is 0 Å². The van der Waals surface area contributed by atoms with E-state index in [1.54, 1.807) is 5.32 Å². The van der Waals surface area contributed by atoms with E-state index in [4.69, 9.17) is 0 Å². The molecule has 0 aromatic heterocycles. The number of amides is 2. The lowest BCUT2D eigenvalue weighted by atomic mass is 10.0. The Morgan fingerprint density at radius 1 is 1.21 bits per heavy atom. The number of hydrogen-bond donors (Lipinski definition) is 3. The number of carbonyl (C=O) groups is 2. The third-order valence-electron chi connectivity index (χ3n) is 2.87. The van der Waals surface area contributed by atoms with E-state index in [0.29, 0.717) is 12.3 Å². The van der Waals surface area contributed by atoms with Crippen LogP contribution in [-0.2, 0) is 9.59 Å². The number of hydrogen-bond acceptors (Lipinski definition) is 3. The van der Waals surface area contributed by atoms with Crippen molar-refractivity contribution in [3.05, 3.63) is 0 Å². The summed E-state index contributed by atoms with van der Waals surface area (Å²) < 4.78 is 35.4. The molecule has 5 nitrogen and oxygen atoms in total. The Morgan fingerprint density at radius 3 is 2.53 bits per heavy atom. The van der Waals surface area contributed by atoms with Gasteiger partial charge in [0.2, 0.25) is 11.8 Å². The quantitative estimate of drug-likeness (QED) is 0.650. The second-order valence-corrected chi connectivity index (χ2v) is 4.57. The van der Waals surface area contributed by atoms with Crippen molar-refractivity contribution in [1.82, 2.24) is 16.0 Å². The molecule has 1 aliphatic rings. The van der Waals surface area contributed by atoms with Crippen LogP contribution in [0.2, 0.25) is 0 Å². The number of carbonyl (C=O) groups excluding carboxylic acids is 2. The van der Waals surface area contributed by atoms with Gasteiger partial charge in [0.25, 0.3) is 0 Å². The van der Waals surface area contributed by atoms with Gasteiger partial charge in [-0.1, -0.05) is 0 Å². The summed E-state index contributed by atoms with van der Waals surface area (Å²) in [6.45, 7) is 0.0404. The van der Waals surface area contributed by atoms with Crippen molar-refractivity contribution in [3.8, 4) is 0 Å². The summed E-state index contributed by atoms with van der Waals surface area (Å²) in [7, 11) is 0. The van der Waals surface area contributed by atoms with Gasteiger partial charge in [0.05, 0.1) is 6.54 Å². The van der Waals surface area contributed by atoms with Crippen molar-refractivity contribution in [1.29, 1.82) is 0 Å². The van der Waals surface area contributed by atoms with Gasteiger partial charge >= 0.3 is 6.18 Å². The molecule has 1 heterocycles. The fraction of sp³-hybridized carbons (Fsp3) is 0.818. The first kappa shape index (κ1) is 15.7. The van der Waals surface area contributed by atoms with Crippen molar-refractivity contribution in [3.63, 3.8) is 0 Å². The molecule has 1 fully saturated rings. The summed E-state index contributed by atoms with van der Waals surface area (Å²) >= 11 is 0. The van der Waals surface area contributed by atoms with E-state index in [2.05, 4.69) is 10.6 Å². The highest BCUT2D eigenvalue weighted by atomic mass is 19.4. The lowest BCUT2D eigenvalue weighted by Crippen LogP contribution is -2.40. The molecule has 0 aliphatic carbocycles. The zero-order valence-corrected chi connectivity index (χ0v) is 10.5. The van der Waals surface area contributed by atoms with Gasteiger partial charge in [0, 0.05) is 6.42 Å². The van der Waals surface area contributed by atoms with Crippen molar-refractivity contribution in [2.75, 3.05) is 26.2 Å². The first-order valence-corrected chi connectivity index (χ1v) is 6.17. The Morgan fingerprint density at radius 2 is 1.95 bits per heavy atom.